The first-order chi connectivity index (χ1) is 18.4. The molecule has 0 saturated heterocycles. The molecule has 6 unspecified atom stereocenters. The molecule has 3 amide bonds. The second kappa shape index (κ2) is 12.9. The summed E-state index contributed by atoms with van der Waals surface area (Å²) in [6.07, 6.45) is 9.30. The zero-order valence-electron chi connectivity index (χ0n) is 25.0. The quantitative estimate of drug-likeness (QED) is 0.395. The third-order valence-corrected chi connectivity index (χ3v) is 9.26. The van der Waals surface area contributed by atoms with Crippen molar-refractivity contribution in [2.45, 2.75) is 117 Å². The summed E-state index contributed by atoms with van der Waals surface area (Å²) >= 11 is 0. The Labute approximate surface area is 235 Å². The maximum atomic E-state index is 13.5. The Morgan fingerprint density at radius 3 is 0.846 bits per heavy atom. The molecule has 3 aliphatic rings. The molecule has 6 heteroatoms. The number of amides is 3. The normalized spacial score (nSPS) is 35.1. The van der Waals surface area contributed by atoms with Crippen LogP contribution in [-0.2, 0) is 0 Å². The van der Waals surface area contributed by atoms with Gasteiger partial charge in [-0.2, -0.15) is 0 Å². The summed E-state index contributed by atoms with van der Waals surface area (Å²) in [5.74, 6) is 2.79. The highest BCUT2D eigenvalue weighted by Gasteiger charge is 2.29. The van der Waals surface area contributed by atoms with Crippen LogP contribution in [0.5, 0.6) is 0 Å². The van der Waals surface area contributed by atoms with Crippen LogP contribution in [0.15, 0.2) is 18.2 Å². The van der Waals surface area contributed by atoms with Gasteiger partial charge in [-0.05, 0) is 111 Å². The number of rotatable bonds is 6. The Morgan fingerprint density at radius 1 is 0.436 bits per heavy atom. The second-order valence-electron chi connectivity index (χ2n) is 14.1. The Kier molecular flexibility index (Phi) is 9.77. The first-order valence-electron chi connectivity index (χ1n) is 15.5. The predicted octanol–water partition coefficient (Wildman–Crippen LogP) is 6.35. The first kappa shape index (κ1) is 29.6. The zero-order chi connectivity index (χ0) is 28.3. The summed E-state index contributed by atoms with van der Waals surface area (Å²) in [6.45, 7) is 13.4. The van der Waals surface area contributed by atoms with Crippen molar-refractivity contribution in [1.82, 2.24) is 16.0 Å². The molecule has 3 N–H and O–H groups in total. The number of hydrogen-bond donors (Lipinski definition) is 3. The monoisotopic (exact) mass is 537 g/mol. The van der Waals surface area contributed by atoms with Crippen molar-refractivity contribution in [1.29, 1.82) is 0 Å². The molecule has 4 rings (SSSR count). The molecule has 0 heterocycles. The molecule has 3 saturated carbocycles. The van der Waals surface area contributed by atoms with Crippen molar-refractivity contribution in [2.75, 3.05) is 0 Å². The maximum absolute atomic E-state index is 13.5. The molecule has 1 aromatic rings. The number of benzene rings is 1. The van der Waals surface area contributed by atoms with Gasteiger partial charge in [0.2, 0.25) is 0 Å². The Balaban J connectivity index is 1.55. The molecule has 6 atom stereocenters. The fourth-order valence-corrected chi connectivity index (χ4v) is 8.02. The van der Waals surface area contributed by atoms with Crippen LogP contribution < -0.4 is 16.0 Å². The van der Waals surface area contributed by atoms with E-state index in [-0.39, 0.29) is 35.8 Å². The average molecular weight is 538 g/mol. The van der Waals surface area contributed by atoms with E-state index in [1.54, 1.807) is 18.2 Å². The third-order valence-electron chi connectivity index (χ3n) is 9.26. The minimum atomic E-state index is -0.204. The summed E-state index contributed by atoms with van der Waals surface area (Å²) in [5.41, 5.74) is 1.15. The van der Waals surface area contributed by atoms with Gasteiger partial charge in [-0.25, -0.2) is 0 Å². The topological polar surface area (TPSA) is 87.3 Å². The van der Waals surface area contributed by atoms with E-state index in [0.29, 0.717) is 52.2 Å². The van der Waals surface area contributed by atoms with E-state index in [2.05, 4.69) is 57.5 Å². The summed E-state index contributed by atoms with van der Waals surface area (Å²) < 4.78 is 0. The molecule has 1 aromatic carbocycles. The Morgan fingerprint density at radius 2 is 0.641 bits per heavy atom. The van der Waals surface area contributed by atoms with Crippen LogP contribution in [0.25, 0.3) is 0 Å². The minimum Gasteiger partial charge on any atom is -0.349 e. The summed E-state index contributed by atoms with van der Waals surface area (Å²) in [4.78, 5) is 40.4. The maximum Gasteiger partial charge on any atom is 0.251 e. The average Bonchev–Trinajstić information content (AvgIpc) is 2.81. The summed E-state index contributed by atoms with van der Waals surface area (Å²) in [5, 5.41) is 9.64. The van der Waals surface area contributed by atoms with Gasteiger partial charge in [0, 0.05) is 34.8 Å². The smallest absolute Gasteiger partial charge is 0.251 e. The molecule has 39 heavy (non-hydrogen) atoms. The molecule has 0 aliphatic heterocycles. The van der Waals surface area contributed by atoms with Gasteiger partial charge >= 0.3 is 0 Å². The van der Waals surface area contributed by atoms with Gasteiger partial charge in [0.15, 0.2) is 0 Å². The summed E-state index contributed by atoms with van der Waals surface area (Å²) in [7, 11) is 0. The van der Waals surface area contributed by atoms with Gasteiger partial charge in [0.25, 0.3) is 17.7 Å². The van der Waals surface area contributed by atoms with Gasteiger partial charge in [0.05, 0.1) is 0 Å². The van der Waals surface area contributed by atoms with Crippen LogP contribution >= 0.6 is 0 Å². The fraction of sp³-hybridized carbons (Fsp3) is 0.727. The van der Waals surface area contributed by atoms with E-state index >= 15 is 0 Å². The molecule has 6 nitrogen and oxygen atoms in total. The third kappa shape index (κ3) is 8.31. The SMILES string of the molecule is CC1CC(C)CC(NC(=O)c2cc(C(=O)NC3CC(C)CC(C)C3)cc(C(=O)NC3CC(C)CC(C)C3)c2)C1. The van der Waals surface area contributed by atoms with E-state index in [4.69, 9.17) is 0 Å². The van der Waals surface area contributed by atoms with E-state index in [1.165, 1.54) is 19.3 Å². The van der Waals surface area contributed by atoms with Crippen LogP contribution in [0.3, 0.4) is 0 Å². The zero-order valence-corrected chi connectivity index (χ0v) is 25.0. The van der Waals surface area contributed by atoms with Crippen LogP contribution in [-0.4, -0.2) is 35.8 Å². The first-order valence-corrected chi connectivity index (χ1v) is 15.5. The highest BCUT2D eigenvalue weighted by molar-refractivity contribution is 6.04. The standard InChI is InChI=1S/C33H51N3O3/c1-19-7-20(2)11-28(10-19)34-31(37)25-16-26(32(38)35-29-12-21(3)8-22(4)13-29)18-27(17-25)33(39)36-30-14-23(5)9-24(6)15-30/h16-24,28-30H,7-15H2,1-6H3,(H,34,37)(H,35,38)(H,36,39). The molecule has 0 bridgehead atoms. The molecule has 0 aromatic heterocycles. The molecular weight excluding hydrogens is 486 g/mol. The van der Waals surface area contributed by atoms with Gasteiger partial charge < -0.3 is 16.0 Å². The predicted molar refractivity (Wildman–Crippen MR) is 157 cm³/mol. The largest absolute Gasteiger partial charge is 0.349 e. The molecule has 216 valence electrons. The van der Waals surface area contributed by atoms with E-state index in [9.17, 15) is 14.4 Å². The van der Waals surface area contributed by atoms with E-state index < -0.39 is 0 Å². The van der Waals surface area contributed by atoms with Crippen molar-refractivity contribution in [3.05, 3.63) is 34.9 Å². The Hall–Kier alpha value is -2.37. The van der Waals surface area contributed by atoms with Crippen LogP contribution in [0.1, 0.15) is 130 Å². The van der Waals surface area contributed by atoms with E-state index in [0.717, 1.165) is 38.5 Å². The lowest BCUT2D eigenvalue weighted by molar-refractivity contribution is 0.0909. The number of carbonyl (C=O) groups is 3. The van der Waals surface area contributed by atoms with Crippen LogP contribution in [0, 0.1) is 35.5 Å². The number of hydrogen-bond acceptors (Lipinski definition) is 3. The Bertz CT molecular complexity index is 868. The lowest BCUT2D eigenvalue weighted by Gasteiger charge is -2.32. The van der Waals surface area contributed by atoms with Crippen molar-refractivity contribution in [3.8, 4) is 0 Å². The highest BCUT2D eigenvalue weighted by atomic mass is 16.2. The summed E-state index contributed by atoms with van der Waals surface area (Å²) in [6, 6.07) is 5.33. The molecule has 0 radical (unpaired) electrons. The second-order valence-corrected chi connectivity index (χ2v) is 14.1. The van der Waals surface area contributed by atoms with Gasteiger partial charge in [-0.15, -0.1) is 0 Å². The van der Waals surface area contributed by atoms with Crippen molar-refractivity contribution >= 4 is 17.7 Å². The van der Waals surface area contributed by atoms with Gasteiger partial charge in [-0.3, -0.25) is 14.4 Å². The van der Waals surface area contributed by atoms with Crippen molar-refractivity contribution in [2.24, 2.45) is 35.5 Å². The fourth-order valence-electron chi connectivity index (χ4n) is 8.02. The highest BCUT2D eigenvalue weighted by Crippen LogP contribution is 2.31. The van der Waals surface area contributed by atoms with Crippen LogP contribution in [0.4, 0.5) is 0 Å². The lowest BCUT2D eigenvalue weighted by Crippen LogP contribution is -2.42. The van der Waals surface area contributed by atoms with Crippen molar-refractivity contribution in [3.63, 3.8) is 0 Å². The number of carbonyl (C=O) groups excluding carboxylic acids is 3. The van der Waals surface area contributed by atoms with Gasteiger partial charge in [-0.1, -0.05) is 41.5 Å². The molecule has 0 spiro atoms. The number of nitrogens with one attached hydrogen (secondary N) is 3. The van der Waals surface area contributed by atoms with E-state index in [1.807, 2.05) is 0 Å². The molecular formula is C33H51N3O3. The lowest BCUT2D eigenvalue weighted by atomic mass is 9.80. The van der Waals surface area contributed by atoms with Crippen LogP contribution in [0.2, 0.25) is 0 Å². The van der Waals surface area contributed by atoms with Crippen molar-refractivity contribution < 1.29 is 14.4 Å². The van der Waals surface area contributed by atoms with Gasteiger partial charge in [0.1, 0.15) is 0 Å². The molecule has 3 aliphatic carbocycles. The molecule has 3 fully saturated rings. The minimum absolute atomic E-state index is 0.112.